The summed E-state index contributed by atoms with van der Waals surface area (Å²) in [5, 5.41) is 7.99. The van der Waals surface area contributed by atoms with Crippen LogP contribution in [-0.2, 0) is 11.3 Å². The van der Waals surface area contributed by atoms with E-state index in [-0.39, 0.29) is 12.5 Å². The largest absolute Gasteiger partial charge is 0.344 e. The number of amides is 1. The molecule has 1 N–H and O–H groups in total. The third-order valence-corrected chi connectivity index (χ3v) is 5.49. The number of hydrogen-bond acceptors (Lipinski definition) is 7. The molecule has 9 heteroatoms. The second-order valence-electron chi connectivity index (χ2n) is 7.74. The summed E-state index contributed by atoms with van der Waals surface area (Å²) in [4.78, 5) is 32.4. The van der Waals surface area contributed by atoms with Crippen LogP contribution in [0.15, 0.2) is 43.0 Å². The van der Waals surface area contributed by atoms with E-state index in [2.05, 4.69) is 35.3 Å². The minimum atomic E-state index is -0.208. The number of pyridine rings is 2. The fourth-order valence-electron chi connectivity index (χ4n) is 3.66. The number of fused-ring (bicyclic) bond motifs is 2. The molecule has 0 unspecified atom stereocenters. The van der Waals surface area contributed by atoms with Gasteiger partial charge in [0.1, 0.15) is 6.54 Å². The molecule has 1 amide bonds. The lowest BCUT2D eigenvalue weighted by molar-refractivity contribution is -0.116. The van der Waals surface area contributed by atoms with Gasteiger partial charge < -0.3 is 10.2 Å². The Morgan fingerprint density at radius 2 is 2.10 bits per heavy atom. The van der Waals surface area contributed by atoms with E-state index in [9.17, 15) is 4.79 Å². The van der Waals surface area contributed by atoms with Gasteiger partial charge in [-0.15, -0.1) is 0 Å². The van der Waals surface area contributed by atoms with Crippen molar-refractivity contribution in [1.29, 1.82) is 0 Å². The van der Waals surface area contributed by atoms with Crippen LogP contribution in [0.4, 0.5) is 11.6 Å². The highest BCUT2D eigenvalue weighted by Gasteiger charge is 2.21. The maximum atomic E-state index is 12.6. The van der Waals surface area contributed by atoms with E-state index in [1.807, 2.05) is 19.2 Å². The van der Waals surface area contributed by atoms with Gasteiger partial charge in [0.25, 0.3) is 0 Å². The summed E-state index contributed by atoms with van der Waals surface area (Å²) in [6, 6.07) is 5.51. The van der Waals surface area contributed by atoms with Crippen molar-refractivity contribution in [1.82, 2.24) is 29.7 Å². The van der Waals surface area contributed by atoms with Crippen LogP contribution in [0.25, 0.3) is 22.1 Å². The van der Waals surface area contributed by atoms with Crippen molar-refractivity contribution >= 4 is 39.6 Å². The molecule has 4 aromatic heterocycles. The Morgan fingerprint density at radius 3 is 2.93 bits per heavy atom. The summed E-state index contributed by atoms with van der Waals surface area (Å²) in [6.07, 6.45) is 10.6. The SMILES string of the molecule is CN(CC1CCC1)c1ncc2cnn(CC(=O)Nc3cnc4cccnc4c3)c2n1. The lowest BCUT2D eigenvalue weighted by atomic mass is 9.85. The van der Waals surface area contributed by atoms with Crippen LogP contribution in [0.2, 0.25) is 0 Å². The summed E-state index contributed by atoms with van der Waals surface area (Å²) >= 11 is 0. The summed E-state index contributed by atoms with van der Waals surface area (Å²) in [7, 11) is 2.01. The Kier molecular flexibility index (Phi) is 4.70. The molecule has 152 valence electrons. The lowest BCUT2D eigenvalue weighted by Crippen LogP contribution is -2.30. The van der Waals surface area contributed by atoms with Crippen molar-refractivity contribution in [3.8, 4) is 0 Å². The average Bonchev–Trinajstić information content (AvgIpc) is 3.12. The molecule has 4 aromatic rings. The molecule has 1 fully saturated rings. The molecule has 0 aromatic carbocycles. The first-order valence-electron chi connectivity index (χ1n) is 10.1. The number of carbonyl (C=O) groups is 1. The number of rotatable bonds is 6. The fourth-order valence-corrected chi connectivity index (χ4v) is 3.66. The van der Waals surface area contributed by atoms with Crippen molar-refractivity contribution in [3.63, 3.8) is 0 Å². The zero-order valence-electron chi connectivity index (χ0n) is 16.7. The summed E-state index contributed by atoms with van der Waals surface area (Å²) in [5.41, 5.74) is 2.75. The predicted octanol–water partition coefficient (Wildman–Crippen LogP) is 2.64. The van der Waals surface area contributed by atoms with Crippen molar-refractivity contribution < 1.29 is 4.79 Å². The third-order valence-electron chi connectivity index (χ3n) is 5.49. The third kappa shape index (κ3) is 3.66. The summed E-state index contributed by atoms with van der Waals surface area (Å²) in [6.45, 7) is 0.996. The molecule has 5 rings (SSSR count). The molecule has 0 aliphatic heterocycles. The normalized spacial score (nSPS) is 14.0. The fraction of sp³-hybridized carbons (Fsp3) is 0.333. The highest BCUT2D eigenvalue weighted by atomic mass is 16.2. The summed E-state index contributed by atoms with van der Waals surface area (Å²) in [5.74, 6) is 1.16. The molecule has 0 spiro atoms. The van der Waals surface area contributed by atoms with Crippen LogP contribution >= 0.6 is 0 Å². The Morgan fingerprint density at radius 1 is 1.20 bits per heavy atom. The Bertz CT molecular complexity index is 1220. The van der Waals surface area contributed by atoms with Gasteiger partial charge in [-0.1, -0.05) is 6.42 Å². The van der Waals surface area contributed by atoms with Crippen molar-refractivity contribution in [2.45, 2.75) is 25.8 Å². The van der Waals surface area contributed by atoms with Crippen LogP contribution in [-0.4, -0.2) is 49.2 Å². The molecule has 0 radical (unpaired) electrons. The maximum absolute atomic E-state index is 12.6. The van der Waals surface area contributed by atoms with Crippen LogP contribution in [0.5, 0.6) is 0 Å². The number of hydrogen-bond donors (Lipinski definition) is 1. The highest BCUT2D eigenvalue weighted by Crippen LogP contribution is 2.27. The summed E-state index contributed by atoms with van der Waals surface area (Å²) < 4.78 is 1.60. The zero-order valence-corrected chi connectivity index (χ0v) is 16.7. The van der Waals surface area contributed by atoms with Crippen molar-refractivity contribution in [3.05, 3.63) is 43.0 Å². The predicted molar refractivity (Wildman–Crippen MR) is 114 cm³/mol. The van der Waals surface area contributed by atoms with E-state index < -0.39 is 0 Å². The molecule has 9 nitrogen and oxygen atoms in total. The topological polar surface area (TPSA) is 102 Å². The first kappa shape index (κ1) is 18.4. The molecular formula is C21H22N8O. The number of nitrogens with zero attached hydrogens (tertiary/aromatic N) is 7. The average molecular weight is 402 g/mol. The monoisotopic (exact) mass is 402 g/mol. The van der Waals surface area contributed by atoms with Crippen LogP contribution in [0.1, 0.15) is 19.3 Å². The number of aromatic nitrogens is 6. The lowest BCUT2D eigenvalue weighted by Gasteiger charge is -2.30. The molecule has 30 heavy (non-hydrogen) atoms. The molecule has 1 saturated carbocycles. The zero-order chi connectivity index (χ0) is 20.5. The second-order valence-corrected chi connectivity index (χ2v) is 7.74. The minimum absolute atomic E-state index is 0.0482. The molecule has 0 atom stereocenters. The molecular weight excluding hydrogens is 380 g/mol. The van der Waals surface area contributed by atoms with Gasteiger partial charge in [-0.05, 0) is 37.0 Å². The van der Waals surface area contributed by atoms with Gasteiger partial charge in [-0.25, -0.2) is 9.67 Å². The molecule has 0 bridgehead atoms. The van der Waals surface area contributed by atoms with Gasteiger partial charge in [0.05, 0.1) is 34.5 Å². The van der Waals surface area contributed by atoms with E-state index in [1.165, 1.54) is 19.3 Å². The standard InChI is InChI=1S/C21H22N8O/c1-28(12-14-4-2-5-14)21-24-9-15-10-25-29(20(15)27-21)13-19(30)26-16-8-18-17(23-11-16)6-3-7-22-18/h3,6-11,14H,2,4-5,12-13H2,1H3,(H,26,30). The van der Waals surface area contributed by atoms with Crippen LogP contribution < -0.4 is 10.2 Å². The molecule has 1 aliphatic rings. The van der Waals surface area contributed by atoms with Crippen molar-refractivity contribution in [2.75, 3.05) is 23.8 Å². The second kappa shape index (κ2) is 7.66. The molecule has 0 saturated heterocycles. The Hall–Kier alpha value is -3.62. The number of carbonyl (C=O) groups excluding carboxylic acids is 1. The van der Waals surface area contributed by atoms with Gasteiger partial charge in [0.2, 0.25) is 11.9 Å². The first-order chi connectivity index (χ1) is 14.7. The first-order valence-corrected chi connectivity index (χ1v) is 10.1. The molecule has 1 aliphatic carbocycles. The van der Waals surface area contributed by atoms with Crippen LogP contribution in [0, 0.1) is 5.92 Å². The Labute approximate surface area is 173 Å². The smallest absolute Gasteiger partial charge is 0.246 e. The van der Waals surface area contributed by atoms with Gasteiger partial charge in [0.15, 0.2) is 5.65 Å². The minimum Gasteiger partial charge on any atom is -0.344 e. The van der Waals surface area contributed by atoms with Gasteiger partial charge in [-0.2, -0.15) is 10.1 Å². The van der Waals surface area contributed by atoms with E-state index in [0.29, 0.717) is 17.3 Å². The maximum Gasteiger partial charge on any atom is 0.246 e. The van der Waals surface area contributed by atoms with E-state index >= 15 is 0 Å². The number of anilines is 2. The Balaban J connectivity index is 1.32. The van der Waals surface area contributed by atoms with Gasteiger partial charge >= 0.3 is 0 Å². The highest BCUT2D eigenvalue weighted by molar-refractivity contribution is 5.93. The number of nitrogens with one attached hydrogen (secondary N) is 1. The van der Waals surface area contributed by atoms with Crippen LogP contribution in [0.3, 0.4) is 0 Å². The van der Waals surface area contributed by atoms with Crippen molar-refractivity contribution in [2.24, 2.45) is 5.92 Å². The van der Waals surface area contributed by atoms with E-state index in [0.717, 1.165) is 28.9 Å². The van der Waals surface area contributed by atoms with E-state index in [4.69, 9.17) is 0 Å². The van der Waals surface area contributed by atoms with Gasteiger partial charge in [0, 0.05) is 26.0 Å². The van der Waals surface area contributed by atoms with E-state index in [1.54, 1.807) is 35.5 Å². The van der Waals surface area contributed by atoms with Gasteiger partial charge in [-0.3, -0.25) is 14.8 Å². The molecule has 4 heterocycles. The quantitative estimate of drug-likeness (QED) is 0.529.